The summed E-state index contributed by atoms with van der Waals surface area (Å²) in [6, 6.07) is 36.1. The molecular formula is C42H54FeN4P2. The Morgan fingerprint density at radius 3 is 1.88 bits per heavy atom. The van der Waals surface area contributed by atoms with Gasteiger partial charge in [-0.3, -0.25) is 0 Å². The van der Waals surface area contributed by atoms with Crippen LogP contribution < -0.4 is 21.3 Å². The molecule has 2 heterocycles. The zero-order valence-electron chi connectivity index (χ0n) is 28.7. The third-order valence-corrected chi connectivity index (χ3v) is 14.4. The Kier molecular flexibility index (Phi) is 11.3. The van der Waals surface area contributed by atoms with Crippen molar-refractivity contribution in [3.05, 3.63) is 108 Å². The molecule has 0 spiro atoms. The van der Waals surface area contributed by atoms with Crippen LogP contribution in [0, 0.1) is 23.7 Å². The van der Waals surface area contributed by atoms with Gasteiger partial charge in [0.05, 0.1) is 0 Å². The van der Waals surface area contributed by atoms with E-state index in [1.165, 1.54) is 60.5 Å². The van der Waals surface area contributed by atoms with Gasteiger partial charge in [-0.2, -0.15) is 18.2 Å². The molecule has 10 rings (SSSR count). The first kappa shape index (κ1) is 35.7. The molecule has 0 aromatic heterocycles. The summed E-state index contributed by atoms with van der Waals surface area (Å²) in [6.07, 6.45) is 8.29. The molecule has 0 radical (unpaired) electrons. The van der Waals surface area contributed by atoms with Crippen molar-refractivity contribution in [2.75, 3.05) is 45.4 Å². The van der Waals surface area contributed by atoms with Gasteiger partial charge in [-0.1, -0.05) is 70.8 Å². The third-order valence-electron chi connectivity index (χ3n) is 12.8. The standard InChI is InChI=1S/C37H49N4P2.C5H5.Fe/c42-23-31-28-16-24-15-25(17-28)20-36(31,19-24)35-30(37(43,32-21-38-11-13-40-32)33-22-39-12-14-41-33)18-29(26-7-3-1-4-8-26)34(35)27-9-5-2-6-10-27;1-2-4-5-3-1;/h1-10,18,24-25,28,31-33,38-41H,11-17,19-23,42-43H2;1-5H;/q2*-1;+2. The van der Waals surface area contributed by atoms with E-state index in [1.54, 1.807) is 11.1 Å². The summed E-state index contributed by atoms with van der Waals surface area (Å²) in [5.74, 6) is 3.33. The molecule has 4 bridgehead atoms. The first-order valence-electron chi connectivity index (χ1n) is 18.6. The number of hydrogen-bond acceptors (Lipinski definition) is 4. The Morgan fingerprint density at radius 1 is 0.776 bits per heavy atom. The van der Waals surface area contributed by atoms with Crippen molar-refractivity contribution in [2.24, 2.45) is 23.7 Å². The Morgan fingerprint density at radius 2 is 1.37 bits per heavy atom. The van der Waals surface area contributed by atoms with E-state index in [0.29, 0.717) is 12.1 Å². The van der Waals surface area contributed by atoms with Gasteiger partial charge in [-0.05, 0) is 67.4 Å². The second-order valence-electron chi connectivity index (χ2n) is 15.4. The van der Waals surface area contributed by atoms with Crippen LogP contribution in [0.1, 0.15) is 43.2 Å². The monoisotopic (exact) mass is 732 g/mol. The fourth-order valence-electron chi connectivity index (χ4n) is 11.0. The van der Waals surface area contributed by atoms with Crippen LogP contribution in [0.2, 0.25) is 0 Å². The first-order valence-corrected chi connectivity index (χ1v) is 20.0. The van der Waals surface area contributed by atoms with Crippen LogP contribution in [0.4, 0.5) is 0 Å². The Hall–Kier alpha value is -1.64. The molecule has 6 fully saturated rings. The molecule has 4 saturated carbocycles. The third kappa shape index (κ3) is 6.62. The van der Waals surface area contributed by atoms with E-state index < -0.39 is 0 Å². The Labute approximate surface area is 309 Å². The SMILES string of the molecule is PCC1C2CC3CC(C2)CC1(c1c(C(P)(C2CNCCN2)C2CNCCN2)cc(-c2ccccc2)[c-]1-c1ccccc1)C3.[Fe+2].c1cc[cH-]c1. The molecule has 4 aromatic rings. The summed E-state index contributed by atoms with van der Waals surface area (Å²) >= 11 is 0. The van der Waals surface area contributed by atoms with Gasteiger partial charge in [0.25, 0.3) is 0 Å². The molecular weight excluding hydrogens is 678 g/mol. The second kappa shape index (κ2) is 15.5. The van der Waals surface area contributed by atoms with Gasteiger partial charge in [0.2, 0.25) is 0 Å². The first-order chi connectivity index (χ1) is 23.6. The van der Waals surface area contributed by atoms with Crippen molar-refractivity contribution in [1.29, 1.82) is 0 Å². The topological polar surface area (TPSA) is 48.1 Å². The number of benzene rings is 2. The molecule has 4 N–H and O–H groups in total. The van der Waals surface area contributed by atoms with Crippen molar-refractivity contribution in [3.63, 3.8) is 0 Å². The minimum Gasteiger partial charge on any atom is -0.314 e. The van der Waals surface area contributed by atoms with Crippen LogP contribution in [0.25, 0.3) is 22.3 Å². The molecule has 7 atom stereocenters. The summed E-state index contributed by atoms with van der Waals surface area (Å²) < 4.78 is 0. The van der Waals surface area contributed by atoms with E-state index in [4.69, 9.17) is 0 Å². The van der Waals surface area contributed by atoms with E-state index in [-0.39, 0.29) is 27.6 Å². The van der Waals surface area contributed by atoms with Gasteiger partial charge >= 0.3 is 17.1 Å². The normalized spacial score (nSPS) is 31.6. The van der Waals surface area contributed by atoms with Gasteiger partial charge in [0.1, 0.15) is 0 Å². The molecule has 7 heteroatoms. The number of rotatable bonds is 7. The number of nitrogens with one attached hydrogen (secondary N) is 4. The van der Waals surface area contributed by atoms with Crippen molar-refractivity contribution < 1.29 is 17.1 Å². The predicted molar refractivity (Wildman–Crippen MR) is 209 cm³/mol. The molecule has 2 saturated heterocycles. The zero-order chi connectivity index (χ0) is 32.6. The largest absolute Gasteiger partial charge is 2.00 e. The molecule has 49 heavy (non-hydrogen) atoms. The minimum absolute atomic E-state index is 0. The van der Waals surface area contributed by atoms with Crippen LogP contribution in [0.3, 0.4) is 0 Å². The second-order valence-corrected chi connectivity index (χ2v) is 16.8. The van der Waals surface area contributed by atoms with Gasteiger partial charge in [-0.25, -0.2) is 12.1 Å². The van der Waals surface area contributed by atoms with Crippen molar-refractivity contribution >= 4 is 18.5 Å². The average molecular weight is 733 g/mol. The van der Waals surface area contributed by atoms with E-state index in [9.17, 15) is 0 Å². The maximum atomic E-state index is 4.03. The van der Waals surface area contributed by atoms with Crippen molar-refractivity contribution in [1.82, 2.24) is 21.3 Å². The molecule has 2 aliphatic heterocycles. The molecule has 4 aromatic carbocycles. The summed E-state index contributed by atoms with van der Waals surface area (Å²) in [5.41, 5.74) is 9.19. The summed E-state index contributed by atoms with van der Waals surface area (Å²) in [6.45, 7) is 6.08. The predicted octanol–water partition coefficient (Wildman–Crippen LogP) is 6.90. The number of piperazine rings is 2. The van der Waals surface area contributed by atoms with Crippen LogP contribution in [-0.2, 0) is 27.6 Å². The van der Waals surface area contributed by atoms with Crippen LogP contribution >= 0.6 is 18.5 Å². The quantitative estimate of drug-likeness (QED) is 0.0950. The summed E-state index contributed by atoms with van der Waals surface area (Å²) in [4.78, 5) is 0. The minimum atomic E-state index is -0.165. The fourth-order valence-corrected chi connectivity index (χ4v) is 12.6. The molecule has 7 unspecified atom stereocenters. The van der Waals surface area contributed by atoms with Gasteiger partial charge < -0.3 is 21.3 Å². The maximum Gasteiger partial charge on any atom is 2.00 e. The smallest absolute Gasteiger partial charge is 0.314 e. The van der Waals surface area contributed by atoms with E-state index in [1.807, 2.05) is 30.3 Å². The molecule has 4 nitrogen and oxygen atoms in total. The van der Waals surface area contributed by atoms with Crippen molar-refractivity contribution in [2.45, 2.75) is 54.8 Å². The average Bonchev–Trinajstić information content (AvgIpc) is 3.86. The fraction of sp³-hybridized carbons (Fsp3) is 0.476. The van der Waals surface area contributed by atoms with Crippen molar-refractivity contribution in [3.8, 4) is 22.3 Å². The van der Waals surface area contributed by atoms with E-state index >= 15 is 0 Å². The van der Waals surface area contributed by atoms with Gasteiger partial charge in [0.15, 0.2) is 0 Å². The zero-order valence-corrected chi connectivity index (χ0v) is 32.1. The molecule has 0 amide bonds. The summed E-state index contributed by atoms with van der Waals surface area (Å²) in [5, 5.41) is 15.5. The Bertz CT molecular complexity index is 1560. The van der Waals surface area contributed by atoms with Crippen LogP contribution in [0.5, 0.6) is 0 Å². The molecule has 260 valence electrons. The Balaban J connectivity index is 0.000000581. The van der Waals surface area contributed by atoms with Gasteiger partial charge in [-0.15, -0.1) is 47.8 Å². The summed E-state index contributed by atoms with van der Waals surface area (Å²) in [7, 11) is 6.76. The van der Waals surface area contributed by atoms with Crippen LogP contribution in [0.15, 0.2) is 97.1 Å². The van der Waals surface area contributed by atoms with Crippen LogP contribution in [-0.4, -0.2) is 57.5 Å². The van der Waals surface area contributed by atoms with Gasteiger partial charge in [0, 0.05) is 56.5 Å². The maximum absolute atomic E-state index is 4.03. The van der Waals surface area contributed by atoms with E-state index in [2.05, 4.69) is 106 Å². The molecule has 4 aliphatic carbocycles. The number of hydrogen-bond donors (Lipinski definition) is 4. The van der Waals surface area contributed by atoms with E-state index in [0.717, 1.165) is 62.9 Å². The molecule has 6 aliphatic rings.